The predicted octanol–water partition coefficient (Wildman–Crippen LogP) is 1.27. The molecule has 1 saturated heterocycles. The second kappa shape index (κ2) is 8.06. The normalized spacial score (nSPS) is 18.3. The van der Waals surface area contributed by atoms with E-state index in [0.29, 0.717) is 38.2 Å². The molecule has 0 spiro atoms. The van der Waals surface area contributed by atoms with Crippen LogP contribution in [0.1, 0.15) is 29.3 Å². The highest BCUT2D eigenvalue weighted by atomic mass is 16.5. The van der Waals surface area contributed by atoms with Crippen LogP contribution in [0, 0.1) is 6.92 Å². The maximum atomic E-state index is 12.5. The van der Waals surface area contributed by atoms with Gasteiger partial charge in [0.1, 0.15) is 0 Å². The first-order valence-electron chi connectivity index (χ1n) is 8.13. The molecule has 0 aromatic heterocycles. The second-order valence-electron chi connectivity index (χ2n) is 6.17. The standard InChI is InChI=1S/C18H24N2O4/c1-13-4-6-15(7-5-13)17(22)18(23)20-11-10-19(12-14(20)2)9-8-16(21)24-3/h4-7,14H,8-12H2,1-3H3. The zero-order valence-corrected chi connectivity index (χ0v) is 14.4. The van der Waals surface area contributed by atoms with Gasteiger partial charge in [0.25, 0.3) is 5.91 Å². The highest BCUT2D eigenvalue weighted by Gasteiger charge is 2.31. The molecule has 24 heavy (non-hydrogen) atoms. The van der Waals surface area contributed by atoms with Gasteiger partial charge < -0.3 is 9.64 Å². The monoisotopic (exact) mass is 332 g/mol. The van der Waals surface area contributed by atoms with Crippen LogP contribution in [0.3, 0.4) is 0 Å². The summed E-state index contributed by atoms with van der Waals surface area (Å²) in [5, 5.41) is 0. The summed E-state index contributed by atoms with van der Waals surface area (Å²) in [6, 6.07) is 6.96. The number of ether oxygens (including phenoxy) is 1. The van der Waals surface area contributed by atoms with E-state index in [1.165, 1.54) is 7.11 Å². The topological polar surface area (TPSA) is 66.9 Å². The Labute approximate surface area is 142 Å². The van der Waals surface area contributed by atoms with Gasteiger partial charge >= 0.3 is 5.97 Å². The minimum absolute atomic E-state index is 0.0710. The van der Waals surface area contributed by atoms with Crippen LogP contribution >= 0.6 is 0 Å². The summed E-state index contributed by atoms with van der Waals surface area (Å²) in [5.74, 6) is -1.17. The van der Waals surface area contributed by atoms with Crippen LogP contribution in [0.5, 0.6) is 0 Å². The molecule has 1 fully saturated rings. The maximum Gasteiger partial charge on any atom is 0.306 e. The summed E-state index contributed by atoms with van der Waals surface area (Å²) in [5.41, 5.74) is 1.47. The van der Waals surface area contributed by atoms with E-state index in [0.717, 1.165) is 5.56 Å². The fourth-order valence-electron chi connectivity index (χ4n) is 2.85. The number of carbonyl (C=O) groups excluding carboxylic acids is 3. The third-order valence-electron chi connectivity index (χ3n) is 4.34. The molecule has 0 N–H and O–H groups in total. The van der Waals surface area contributed by atoms with Crippen molar-refractivity contribution < 1.29 is 19.1 Å². The Morgan fingerprint density at radius 3 is 2.42 bits per heavy atom. The number of carbonyl (C=O) groups is 3. The summed E-state index contributed by atoms with van der Waals surface area (Å²) in [6.07, 6.45) is 0.333. The van der Waals surface area contributed by atoms with Crippen LogP contribution in [0.4, 0.5) is 0 Å². The first-order chi connectivity index (χ1) is 11.4. The SMILES string of the molecule is COC(=O)CCN1CCN(C(=O)C(=O)c2ccc(C)cc2)C(C)C1. The van der Waals surface area contributed by atoms with E-state index >= 15 is 0 Å². The van der Waals surface area contributed by atoms with Crippen LogP contribution < -0.4 is 0 Å². The molecular weight excluding hydrogens is 308 g/mol. The lowest BCUT2D eigenvalue weighted by molar-refractivity contribution is -0.141. The van der Waals surface area contributed by atoms with Crippen LogP contribution in [0.25, 0.3) is 0 Å². The number of piperazine rings is 1. The van der Waals surface area contributed by atoms with Crippen LogP contribution in [-0.4, -0.2) is 66.8 Å². The number of Topliss-reactive ketones (excluding diaryl/α,β-unsaturated/α-hetero) is 1. The number of ketones is 1. The van der Waals surface area contributed by atoms with Gasteiger partial charge in [0.15, 0.2) is 0 Å². The lowest BCUT2D eigenvalue weighted by atomic mass is 10.1. The summed E-state index contributed by atoms with van der Waals surface area (Å²) >= 11 is 0. The lowest BCUT2D eigenvalue weighted by Crippen LogP contribution is -2.55. The van der Waals surface area contributed by atoms with Gasteiger partial charge in [-0.1, -0.05) is 29.8 Å². The number of hydrogen-bond donors (Lipinski definition) is 0. The van der Waals surface area contributed by atoms with Crippen molar-refractivity contribution in [2.75, 3.05) is 33.3 Å². The first-order valence-corrected chi connectivity index (χ1v) is 8.13. The Morgan fingerprint density at radius 1 is 1.17 bits per heavy atom. The van der Waals surface area contributed by atoms with Crippen molar-refractivity contribution in [3.8, 4) is 0 Å². The third-order valence-corrected chi connectivity index (χ3v) is 4.34. The van der Waals surface area contributed by atoms with Crippen molar-refractivity contribution in [3.05, 3.63) is 35.4 Å². The van der Waals surface area contributed by atoms with Gasteiger partial charge in [-0.25, -0.2) is 0 Å². The highest BCUT2D eigenvalue weighted by Crippen LogP contribution is 2.13. The molecule has 6 nitrogen and oxygen atoms in total. The minimum atomic E-state index is -0.468. The third kappa shape index (κ3) is 4.41. The van der Waals surface area contributed by atoms with E-state index in [1.54, 1.807) is 17.0 Å². The lowest BCUT2D eigenvalue weighted by Gasteiger charge is -2.39. The number of esters is 1. The van der Waals surface area contributed by atoms with E-state index in [-0.39, 0.29) is 12.0 Å². The molecule has 1 aliphatic heterocycles. The van der Waals surface area contributed by atoms with Gasteiger partial charge in [-0.15, -0.1) is 0 Å². The average Bonchev–Trinajstić information content (AvgIpc) is 2.59. The molecule has 1 aromatic rings. The molecule has 2 rings (SSSR count). The predicted molar refractivity (Wildman–Crippen MR) is 89.8 cm³/mol. The Bertz CT molecular complexity index is 612. The van der Waals surface area contributed by atoms with Crippen molar-refractivity contribution in [2.45, 2.75) is 26.3 Å². The smallest absolute Gasteiger partial charge is 0.306 e. The molecule has 0 aliphatic carbocycles. The Hall–Kier alpha value is -2.21. The zero-order chi connectivity index (χ0) is 17.7. The number of hydrogen-bond acceptors (Lipinski definition) is 5. The van der Waals surface area contributed by atoms with E-state index in [4.69, 9.17) is 0 Å². The molecule has 1 aromatic carbocycles. The molecule has 6 heteroatoms. The number of rotatable bonds is 5. The molecule has 1 heterocycles. The first kappa shape index (κ1) is 18.1. The van der Waals surface area contributed by atoms with Gasteiger partial charge in [0.2, 0.25) is 5.78 Å². The van der Waals surface area contributed by atoms with E-state index in [9.17, 15) is 14.4 Å². The molecule has 1 aliphatic rings. The van der Waals surface area contributed by atoms with Gasteiger partial charge in [0, 0.05) is 37.8 Å². The zero-order valence-electron chi connectivity index (χ0n) is 14.4. The van der Waals surface area contributed by atoms with Crippen LogP contribution in [-0.2, 0) is 14.3 Å². The van der Waals surface area contributed by atoms with Crippen molar-refractivity contribution in [1.82, 2.24) is 9.80 Å². The number of nitrogens with zero attached hydrogens (tertiary/aromatic N) is 2. The highest BCUT2D eigenvalue weighted by molar-refractivity contribution is 6.42. The summed E-state index contributed by atoms with van der Waals surface area (Å²) in [7, 11) is 1.37. The van der Waals surface area contributed by atoms with Crippen molar-refractivity contribution >= 4 is 17.7 Å². The van der Waals surface area contributed by atoms with Crippen molar-refractivity contribution in [2.24, 2.45) is 0 Å². The molecule has 0 bridgehead atoms. The molecule has 1 atom stereocenters. The molecule has 1 unspecified atom stereocenters. The molecule has 0 saturated carbocycles. The molecule has 130 valence electrons. The van der Waals surface area contributed by atoms with Crippen LogP contribution in [0.15, 0.2) is 24.3 Å². The van der Waals surface area contributed by atoms with Crippen molar-refractivity contribution in [1.29, 1.82) is 0 Å². The van der Waals surface area contributed by atoms with Gasteiger partial charge in [-0.3, -0.25) is 19.3 Å². The molecule has 0 radical (unpaired) electrons. The van der Waals surface area contributed by atoms with Gasteiger partial charge in [0.05, 0.1) is 13.5 Å². The summed E-state index contributed by atoms with van der Waals surface area (Å²) < 4.78 is 4.64. The number of benzene rings is 1. The fourth-order valence-corrected chi connectivity index (χ4v) is 2.85. The minimum Gasteiger partial charge on any atom is -0.469 e. The largest absolute Gasteiger partial charge is 0.469 e. The van der Waals surface area contributed by atoms with Crippen molar-refractivity contribution in [3.63, 3.8) is 0 Å². The van der Waals surface area contributed by atoms with Gasteiger partial charge in [-0.05, 0) is 13.8 Å². The number of aryl methyl sites for hydroxylation is 1. The Kier molecular flexibility index (Phi) is 6.09. The maximum absolute atomic E-state index is 12.5. The van der Waals surface area contributed by atoms with Gasteiger partial charge in [-0.2, -0.15) is 0 Å². The molecule has 1 amide bonds. The Morgan fingerprint density at radius 2 is 1.83 bits per heavy atom. The van der Waals surface area contributed by atoms with Crippen LogP contribution in [0.2, 0.25) is 0 Å². The second-order valence-corrected chi connectivity index (χ2v) is 6.17. The number of amides is 1. The number of methoxy groups -OCH3 is 1. The fraction of sp³-hybridized carbons (Fsp3) is 0.500. The van der Waals surface area contributed by atoms with E-state index in [2.05, 4.69) is 9.64 Å². The quantitative estimate of drug-likeness (QED) is 0.461. The average molecular weight is 332 g/mol. The summed E-state index contributed by atoms with van der Waals surface area (Å²) in [4.78, 5) is 39.8. The van der Waals surface area contributed by atoms with E-state index in [1.807, 2.05) is 26.0 Å². The van der Waals surface area contributed by atoms with E-state index < -0.39 is 11.7 Å². The summed E-state index contributed by atoms with van der Waals surface area (Å²) in [6.45, 7) is 6.23. The Balaban J connectivity index is 1.93. The molecular formula is C18H24N2O4.